The Labute approximate surface area is 177 Å². The lowest BCUT2D eigenvalue weighted by Gasteiger charge is -2.36. The van der Waals surface area contributed by atoms with Crippen molar-refractivity contribution in [2.24, 2.45) is 4.99 Å². The average Bonchev–Trinajstić information content (AvgIpc) is 3.28. The first-order chi connectivity index (χ1) is 14.4. The van der Waals surface area contributed by atoms with Gasteiger partial charge in [0.1, 0.15) is 11.4 Å². The highest BCUT2D eigenvalue weighted by atomic mass is 19.1. The zero-order valence-electron chi connectivity index (χ0n) is 17.9. The van der Waals surface area contributed by atoms with Crippen molar-refractivity contribution in [2.45, 2.75) is 26.0 Å². The third-order valence-corrected chi connectivity index (χ3v) is 5.22. The Hall–Kier alpha value is -2.58. The highest BCUT2D eigenvalue weighted by molar-refractivity contribution is 5.80. The predicted molar refractivity (Wildman–Crippen MR) is 114 cm³/mol. The second-order valence-electron chi connectivity index (χ2n) is 7.65. The molecule has 7 nitrogen and oxygen atoms in total. The van der Waals surface area contributed by atoms with Gasteiger partial charge in [0.15, 0.2) is 17.5 Å². The van der Waals surface area contributed by atoms with E-state index < -0.39 is 5.60 Å². The second-order valence-corrected chi connectivity index (χ2v) is 7.65. The van der Waals surface area contributed by atoms with Gasteiger partial charge in [0.25, 0.3) is 0 Å². The SMILES string of the molecule is CCNC(=NCC(C)(O)c1ccco1)N1CCN(Cc2ccc(OC)c(F)c2)CC1. The molecule has 1 aliphatic heterocycles. The summed E-state index contributed by atoms with van der Waals surface area (Å²) >= 11 is 0. The van der Waals surface area contributed by atoms with Crippen LogP contribution in [0.4, 0.5) is 4.39 Å². The molecule has 1 aromatic carbocycles. The maximum Gasteiger partial charge on any atom is 0.194 e. The van der Waals surface area contributed by atoms with Crippen LogP contribution in [0.5, 0.6) is 5.75 Å². The van der Waals surface area contributed by atoms with Gasteiger partial charge in [-0.1, -0.05) is 6.07 Å². The Kier molecular flexibility index (Phi) is 7.33. The minimum Gasteiger partial charge on any atom is -0.494 e. The molecule has 3 rings (SSSR count). The Bertz CT molecular complexity index is 831. The fraction of sp³-hybridized carbons (Fsp3) is 0.500. The van der Waals surface area contributed by atoms with E-state index in [1.54, 1.807) is 31.4 Å². The summed E-state index contributed by atoms with van der Waals surface area (Å²) in [5, 5.41) is 14.0. The first kappa shape index (κ1) is 22.1. The molecule has 1 saturated heterocycles. The van der Waals surface area contributed by atoms with Crippen LogP contribution in [0.25, 0.3) is 0 Å². The van der Waals surface area contributed by atoms with E-state index in [-0.39, 0.29) is 18.1 Å². The van der Waals surface area contributed by atoms with E-state index in [9.17, 15) is 9.50 Å². The van der Waals surface area contributed by atoms with Gasteiger partial charge in [0.05, 0.1) is 19.9 Å². The zero-order valence-corrected chi connectivity index (χ0v) is 17.9. The summed E-state index contributed by atoms with van der Waals surface area (Å²) in [5.41, 5.74) is -0.235. The lowest BCUT2D eigenvalue weighted by Crippen LogP contribution is -2.52. The largest absolute Gasteiger partial charge is 0.494 e. The van der Waals surface area contributed by atoms with Gasteiger partial charge in [-0.25, -0.2) is 9.38 Å². The number of ether oxygens (including phenoxy) is 1. The molecule has 2 heterocycles. The lowest BCUT2D eigenvalue weighted by atomic mass is 10.0. The van der Waals surface area contributed by atoms with Crippen molar-refractivity contribution >= 4 is 5.96 Å². The second kappa shape index (κ2) is 9.95. The van der Waals surface area contributed by atoms with Crippen LogP contribution >= 0.6 is 0 Å². The number of rotatable bonds is 7. The number of guanidine groups is 1. The van der Waals surface area contributed by atoms with Crippen LogP contribution in [0.2, 0.25) is 0 Å². The van der Waals surface area contributed by atoms with Gasteiger partial charge < -0.3 is 24.5 Å². The number of nitrogens with zero attached hydrogens (tertiary/aromatic N) is 3. The molecule has 164 valence electrons. The number of aliphatic imine (C=N–C) groups is 1. The van der Waals surface area contributed by atoms with Crippen molar-refractivity contribution in [3.05, 3.63) is 53.7 Å². The van der Waals surface area contributed by atoms with E-state index in [2.05, 4.69) is 20.1 Å². The Morgan fingerprint density at radius 3 is 2.67 bits per heavy atom. The molecule has 1 fully saturated rings. The minimum absolute atomic E-state index is 0.203. The standard InChI is InChI=1S/C22H31FN4O3/c1-4-24-21(25-16-22(2,28)20-6-5-13-30-20)27-11-9-26(10-12-27)15-17-7-8-19(29-3)18(23)14-17/h5-8,13-14,28H,4,9-12,15-16H2,1-3H3,(H,24,25). The Balaban J connectivity index is 1.57. The van der Waals surface area contributed by atoms with Gasteiger partial charge >= 0.3 is 0 Å². The van der Waals surface area contributed by atoms with Crippen LogP contribution in [0.3, 0.4) is 0 Å². The van der Waals surface area contributed by atoms with E-state index in [4.69, 9.17) is 9.15 Å². The molecule has 1 aromatic heterocycles. The molecule has 2 aromatic rings. The lowest BCUT2D eigenvalue weighted by molar-refractivity contribution is 0.0433. The number of methoxy groups -OCH3 is 1. The van der Waals surface area contributed by atoms with Crippen LogP contribution < -0.4 is 10.1 Å². The van der Waals surface area contributed by atoms with Gasteiger partial charge in [-0.15, -0.1) is 0 Å². The molecule has 1 aliphatic rings. The summed E-state index contributed by atoms with van der Waals surface area (Å²) in [7, 11) is 1.47. The third-order valence-electron chi connectivity index (χ3n) is 5.22. The van der Waals surface area contributed by atoms with E-state index in [0.29, 0.717) is 12.3 Å². The minimum atomic E-state index is -1.16. The molecule has 2 N–H and O–H groups in total. The summed E-state index contributed by atoms with van der Waals surface area (Å²) in [6, 6.07) is 8.61. The van der Waals surface area contributed by atoms with Crippen LogP contribution in [-0.4, -0.2) is 67.2 Å². The number of aliphatic hydroxyl groups is 1. The normalized spacial score (nSPS) is 17.6. The molecule has 0 radical (unpaired) electrons. The monoisotopic (exact) mass is 418 g/mol. The van der Waals surface area contributed by atoms with Gasteiger partial charge in [0, 0.05) is 39.3 Å². The summed E-state index contributed by atoms with van der Waals surface area (Å²) in [4.78, 5) is 9.12. The van der Waals surface area contributed by atoms with Crippen molar-refractivity contribution < 1.29 is 18.7 Å². The number of hydrogen-bond acceptors (Lipinski definition) is 5. The number of piperazine rings is 1. The molecule has 0 bridgehead atoms. The summed E-state index contributed by atoms with van der Waals surface area (Å²) < 4.78 is 24.3. The maximum absolute atomic E-state index is 13.9. The van der Waals surface area contributed by atoms with Crippen LogP contribution in [0.15, 0.2) is 46.0 Å². The molecule has 0 aliphatic carbocycles. The molecule has 8 heteroatoms. The predicted octanol–water partition coefficient (Wildman–Crippen LogP) is 2.42. The highest BCUT2D eigenvalue weighted by Crippen LogP contribution is 2.22. The molecule has 0 saturated carbocycles. The molecule has 0 spiro atoms. The Morgan fingerprint density at radius 1 is 1.30 bits per heavy atom. The fourth-order valence-electron chi connectivity index (χ4n) is 3.50. The quantitative estimate of drug-likeness (QED) is 0.532. The topological polar surface area (TPSA) is 73.5 Å². The fourth-order valence-corrected chi connectivity index (χ4v) is 3.50. The van der Waals surface area contributed by atoms with Gasteiger partial charge in [-0.05, 0) is 43.7 Å². The average molecular weight is 419 g/mol. The van der Waals surface area contributed by atoms with E-state index in [1.807, 2.05) is 13.0 Å². The number of hydrogen-bond donors (Lipinski definition) is 2. The number of furan rings is 1. The van der Waals surface area contributed by atoms with Crippen LogP contribution in [0.1, 0.15) is 25.2 Å². The van der Waals surface area contributed by atoms with E-state index in [1.165, 1.54) is 13.2 Å². The first-order valence-corrected chi connectivity index (χ1v) is 10.3. The van der Waals surface area contributed by atoms with Crippen molar-refractivity contribution in [2.75, 3.05) is 46.4 Å². The zero-order chi connectivity index (χ0) is 21.6. The van der Waals surface area contributed by atoms with Crippen molar-refractivity contribution in [3.63, 3.8) is 0 Å². The van der Waals surface area contributed by atoms with Gasteiger partial charge in [-0.2, -0.15) is 0 Å². The van der Waals surface area contributed by atoms with Crippen molar-refractivity contribution in [3.8, 4) is 5.75 Å². The molecular weight excluding hydrogens is 387 g/mol. The smallest absolute Gasteiger partial charge is 0.194 e. The summed E-state index contributed by atoms with van der Waals surface area (Å²) in [5.74, 6) is 1.21. The number of halogens is 1. The molecule has 1 unspecified atom stereocenters. The number of benzene rings is 1. The van der Waals surface area contributed by atoms with Gasteiger partial charge in [-0.3, -0.25) is 4.90 Å². The van der Waals surface area contributed by atoms with E-state index >= 15 is 0 Å². The summed E-state index contributed by atoms with van der Waals surface area (Å²) in [6.07, 6.45) is 1.55. The molecule has 1 atom stereocenters. The van der Waals surface area contributed by atoms with Crippen molar-refractivity contribution in [1.82, 2.24) is 15.1 Å². The molecular formula is C22H31FN4O3. The highest BCUT2D eigenvalue weighted by Gasteiger charge is 2.27. The molecule has 0 amide bonds. The van der Waals surface area contributed by atoms with Gasteiger partial charge in [0.2, 0.25) is 0 Å². The molecule has 30 heavy (non-hydrogen) atoms. The summed E-state index contributed by atoms with van der Waals surface area (Å²) in [6.45, 7) is 8.64. The van der Waals surface area contributed by atoms with Crippen molar-refractivity contribution in [1.29, 1.82) is 0 Å². The van der Waals surface area contributed by atoms with E-state index in [0.717, 1.165) is 44.2 Å². The van der Waals surface area contributed by atoms with Crippen LogP contribution in [0, 0.1) is 5.82 Å². The third kappa shape index (κ3) is 5.52. The number of nitrogens with one attached hydrogen (secondary N) is 1. The van der Waals surface area contributed by atoms with Crippen LogP contribution in [-0.2, 0) is 12.1 Å². The maximum atomic E-state index is 13.9. The Morgan fingerprint density at radius 2 is 2.07 bits per heavy atom. The first-order valence-electron chi connectivity index (χ1n) is 10.3.